The Morgan fingerprint density at radius 1 is 1.40 bits per heavy atom. The number of nitrogen functional groups attached to an aromatic ring is 1. The Kier molecular flexibility index (Phi) is 4.95. The first kappa shape index (κ1) is 14.8. The minimum atomic E-state index is -0.488. The normalized spacial score (nSPS) is 15.8. The second kappa shape index (κ2) is 6.70. The second-order valence-electron chi connectivity index (χ2n) is 5.45. The van der Waals surface area contributed by atoms with Gasteiger partial charge in [0.05, 0.1) is 0 Å². The Labute approximate surface area is 119 Å². The van der Waals surface area contributed by atoms with Crippen molar-refractivity contribution in [2.75, 3.05) is 25.9 Å². The third-order valence-electron chi connectivity index (χ3n) is 3.88. The summed E-state index contributed by atoms with van der Waals surface area (Å²) in [5, 5.41) is 2.80. The molecule has 1 aromatic rings. The first-order valence-electron chi connectivity index (χ1n) is 7.11. The van der Waals surface area contributed by atoms with Gasteiger partial charge in [-0.2, -0.15) is 0 Å². The first-order valence-corrected chi connectivity index (χ1v) is 7.11. The standard InChI is InChI=1S/C15H22FN3O/c1-19(14-4-2-3-5-14)7-6-18-15(20)11-8-12(16)10-13(17)9-11/h8-10,14H,2-7,17H2,1H3,(H,18,20). The van der Waals surface area contributed by atoms with Crippen LogP contribution in [0.1, 0.15) is 36.0 Å². The van der Waals surface area contributed by atoms with Crippen LogP contribution in [-0.4, -0.2) is 37.0 Å². The highest BCUT2D eigenvalue weighted by molar-refractivity contribution is 5.95. The highest BCUT2D eigenvalue weighted by atomic mass is 19.1. The van der Waals surface area contributed by atoms with Crippen molar-refractivity contribution >= 4 is 11.6 Å². The van der Waals surface area contributed by atoms with Crippen molar-refractivity contribution in [2.24, 2.45) is 0 Å². The molecule has 0 spiro atoms. The maximum atomic E-state index is 13.2. The fourth-order valence-electron chi connectivity index (χ4n) is 2.72. The quantitative estimate of drug-likeness (QED) is 0.811. The lowest BCUT2D eigenvalue weighted by atomic mass is 10.2. The Balaban J connectivity index is 1.79. The van der Waals surface area contributed by atoms with Gasteiger partial charge in [-0.3, -0.25) is 4.79 Å². The van der Waals surface area contributed by atoms with Crippen LogP contribution in [0.4, 0.5) is 10.1 Å². The van der Waals surface area contributed by atoms with Crippen molar-refractivity contribution in [1.82, 2.24) is 10.2 Å². The van der Waals surface area contributed by atoms with Crippen molar-refractivity contribution in [3.05, 3.63) is 29.6 Å². The minimum Gasteiger partial charge on any atom is -0.399 e. The Bertz CT molecular complexity index is 452. The Hall–Kier alpha value is -1.62. The van der Waals surface area contributed by atoms with E-state index in [1.807, 2.05) is 0 Å². The molecule has 0 unspecified atom stereocenters. The molecule has 1 aliphatic rings. The number of nitrogens with two attached hydrogens (primary N) is 1. The zero-order chi connectivity index (χ0) is 14.5. The van der Waals surface area contributed by atoms with Crippen LogP contribution in [0.2, 0.25) is 0 Å². The Morgan fingerprint density at radius 2 is 2.10 bits per heavy atom. The van der Waals surface area contributed by atoms with Gasteiger partial charge in [-0.1, -0.05) is 12.8 Å². The van der Waals surface area contributed by atoms with Gasteiger partial charge in [-0.15, -0.1) is 0 Å². The highest BCUT2D eigenvalue weighted by Crippen LogP contribution is 2.21. The number of nitrogens with zero attached hydrogens (tertiary/aromatic N) is 1. The van der Waals surface area contributed by atoms with Crippen LogP contribution in [0.5, 0.6) is 0 Å². The molecule has 0 heterocycles. The topological polar surface area (TPSA) is 58.4 Å². The van der Waals surface area contributed by atoms with Gasteiger partial charge in [-0.25, -0.2) is 4.39 Å². The third kappa shape index (κ3) is 3.93. The van der Waals surface area contributed by atoms with Crippen LogP contribution in [0, 0.1) is 5.82 Å². The summed E-state index contributed by atoms with van der Waals surface area (Å²) in [4.78, 5) is 14.2. The fraction of sp³-hybridized carbons (Fsp3) is 0.533. The number of nitrogens with one attached hydrogen (secondary N) is 1. The summed E-state index contributed by atoms with van der Waals surface area (Å²) in [6.45, 7) is 1.36. The molecule has 20 heavy (non-hydrogen) atoms. The summed E-state index contributed by atoms with van der Waals surface area (Å²) in [6.07, 6.45) is 5.07. The van der Waals surface area contributed by atoms with E-state index in [9.17, 15) is 9.18 Å². The number of rotatable bonds is 5. The molecule has 1 amide bonds. The highest BCUT2D eigenvalue weighted by Gasteiger charge is 2.19. The van der Waals surface area contributed by atoms with Gasteiger partial charge in [0.1, 0.15) is 5.82 Å². The number of carbonyl (C=O) groups is 1. The number of benzene rings is 1. The van der Waals surface area contributed by atoms with Crippen molar-refractivity contribution in [3.63, 3.8) is 0 Å². The molecule has 2 rings (SSSR count). The monoisotopic (exact) mass is 279 g/mol. The van der Waals surface area contributed by atoms with E-state index in [1.165, 1.54) is 43.9 Å². The summed E-state index contributed by atoms with van der Waals surface area (Å²) in [5.74, 6) is -0.769. The van der Waals surface area contributed by atoms with Gasteiger partial charge in [0.2, 0.25) is 0 Å². The minimum absolute atomic E-state index is 0.262. The summed E-state index contributed by atoms with van der Waals surface area (Å²) in [6, 6.07) is 4.52. The number of likely N-dealkylation sites (N-methyl/N-ethyl adjacent to an activating group) is 1. The van der Waals surface area contributed by atoms with Crippen molar-refractivity contribution in [2.45, 2.75) is 31.7 Å². The summed E-state index contributed by atoms with van der Waals surface area (Å²) in [5.41, 5.74) is 6.06. The predicted molar refractivity (Wildman–Crippen MR) is 78.0 cm³/mol. The van der Waals surface area contributed by atoms with E-state index in [2.05, 4.69) is 17.3 Å². The predicted octanol–water partition coefficient (Wildman–Crippen LogP) is 2.01. The van der Waals surface area contributed by atoms with E-state index in [-0.39, 0.29) is 17.2 Å². The molecule has 3 N–H and O–H groups in total. The largest absolute Gasteiger partial charge is 0.399 e. The molecule has 1 fully saturated rings. The van der Waals surface area contributed by atoms with Gasteiger partial charge in [-0.05, 0) is 38.1 Å². The van der Waals surface area contributed by atoms with Gasteiger partial charge in [0, 0.05) is 30.4 Å². The SMILES string of the molecule is CN(CCNC(=O)c1cc(N)cc(F)c1)C1CCCC1. The van der Waals surface area contributed by atoms with E-state index >= 15 is 0 Å². The van der Waals surface area contributed by atoms with Crippen LogP contribution in [-0.2, 0) is 0 Å². The fourth-order valence-corrected chi connectivity index (χ4v) is 2.72. The van der Waals surface area contributed by atoms with Gasteiger partial charge < -0.3 is 16.0 Å². The lowest BCUT2D eigenvalue weighted by Crippen LogP contribution is -2.37. The summed E-state index contributed by atoms with van der Waals surface area (Å²) in [7, 11) is 2.09. The maximum absolute atomic E-state index is 13.2. The lowest BCUT2D eigenvalue weighted by Gasteiger charge is -2.23. The van der Waals surface area contributed by atoms with Gasteiger partial charge >= 0.3 is 0 Å². The molecule has 0 radical (unpaired) electrons. The lowest BCUT2D eigenvalue weighted by molar-refractivity contribution is 0.0946. The average Bonchev–Trinajstić information content (AvgIpc) is 2.91. The van der Waals surface area contributed by atoms with E-state index in [0.29, 0.717) is 12.6 Å². The number of hydrogen-bond donors (Lipinski definition) is 2. The molecule has 5 heteroatoms. The van der Waals surface area contributed by atoms with Crippen LogP contribution in [0.25, 0.3) is 0 Å². The Morgan fingerprint density at radius 3 is 2.75 bits per heavy atom. The number of halogens is 1. The molecular weight excluding hydrogens is 257 g/mol. The first-order chi connectivity index (χ1) is 9.56. The molecule has 1 saturated carbocycles. The van der Waals surface area contributed by atoms with E-state index < -0.39 is 5.82 Å². The van der Waals surface area contributed by atoms with E-state index in [4.69, 9.17) is 5.73 Å². The molecule has 4 nitrogen and oxygen atoms in total. The number of amides is 1. The molecule has 0 aliphatic heterocycles. The number of hydrogen-bond acceptors (Lipinski definition) is 3. The number of anilines is 1. The molecule has 0 aromatic heterocycles. The maximum Gasteiger partial charge on any atom is 0.251 e. The molecule has 0 atom stereocenters. The third-order valence-corrected chi connectivity index (χ3v) is 3.88. The molecule has 110 valence electrons. The van der Waals surface area contributed by atoms with Crippen LogP contribution >= 0.6 is 0 Å². The van der Waals surface area contributed by atoms with Crippen LogP contribution in [0.3, 0.4) is 0 Å². The van der Waals surface area contributed by atoms with Crippen molar-refractivity contribution < 1.29 is 9.18 Å². The second-order valence-corrected chi connectivity index (χ2v) is 5.45. The molecule has 1 aromatic carbocycles. The zero-order valence-corrected chi connectivity index (χ0v) is 11.9. The average molecular weight is 279 g/mol. The van der Waals surface area contributed by atoms with Gasteiger partial charge in [0.25, 0.3) is 5.91 Å². The summed E-state index contributed by atoms with van der Waals surface area (Å²) >= 11 is 0. The molecule has 0 saturated heterocycles. The van der Waals surface area contributed by atoms with Crippen molar-refractivity contribution in [3.8, 4) is 0 Å². The number of carbonyl (C=O) groups excluding carboxylic acids is 1. The van der Waals surface area contributed by atoms with Crippen LogP contribution < -0.4 is 11.1 Å². The van der Waals surface area contributed by atoms with Gasteiger partial charge in [0.15, 0.2) is 0 Å². The van der Waals surface area contributed by atoms with Crippen LogP contribution in [0.15, 0.2) is 18.2 Å². The van der Waals surface area contributed by atoms with E-state index in [1.54, 1.807) is 0 Å². The molecule has 1 aliphatic carbocycles. The van der Waals surface area contributed by atoms with E-state index in [0.717, 1.165) is 6.54 Å². The van der Waals surface area contributed by atoms with Crippen molar-refractivity contribution in [1.29, 1.82) is 0 Å². The zero-order valence-electron chi connectivity index (χ0n) is 11.9. The molecule has 0 bridgehead atoms. The smallest absolute Gasteiger partial charge is 0.251 e. The summed E-state index contributed by atoms with van der Waals surface area (Å²) < 4.78 is 13.2. The molecular formula is C15H22FN3O.